The van der Waals surface area contributed by atoms with Crippen molar-refractivity contribution >= 4 is 10.9 Å². The molecule has 6 aromatic rings. The zero-order chi connectivity index (χ0) is 24.3. The predicted molar refractivity (Wildman–Crippen MR) is 142 cm³/mol. The molecule has 176 valence electrons. The van der Waals surface area contributed by atoms with E-state index in [0.717, 1.165) is 17.9 Å². The lowest BCUT2D eigenvalue weighted by molar-refractivity contribution is 0.296. The fourth-order valence-corrected chi connectivity index (χ4v) is 4.74. The molecular weight excluding hydrogens is 446 g/mol. The van der Waals surface area contributed by atoms with Crippen LogP contribution in [0.25, 0.3) is 33.3 Å². The Morgan fingerprint density at radius 2 is 1.50 bits per heavy atom. The van der Waals surface area contributed by atoms with Gasteiger partial charge in [0.2, 0.25) is 5.82 Å². The Labute approximate surface area is 209 Å². The van der Waals surface area contributed by atoms with Crippen LogP contribution in [0.2, 0.25) is 0 Å². The molecule has 0 atom stereocenters. The van der Waals surface area contributed by atoms with Gasteiger partial charge >= 0.3 is 0 Å². The van der Waals surface area contributed by atoms with Crippen LogP contribution in [0.1, 0.15) is 17.0 Å². The van der Waals surface area contributed by atoms with Crippen molar-refractivity contribution in [2.75, 3.05) is 0 Å². The van der Waals surface area contributed by atoms with Crippen LogP contribution in [0.4, 0.5) is 0 Å². The van der Waals surface area contributed by atoms with Crippen molar-refractivity contribution in [1.29, 1.82) is 0 Å². The van der Waals surface area contributed by atoms with E-state index in [4.69, 9.17) is 4.74 Å². The number of tetrazole rings is 1. The average molecular weight is 472 g/mol. The maximum atomic E-state index is 5.78. The summed E-state index contributed by atoms with van der Waals surface area (Å²) in [5.74, 6) is 1.28. The molecule has 0 radical (unpaired) electrons. The Bertz CT molecular complexity index is 1590. The number of rotatable bonds is 7. The smallest absolute Gasteiger partial charge is 0.211 e. The first-order valence-corrected chi connectivity index (χ1v) is 11.9. The van der Waals surface area contributed by atoms with Crippen molar-refractivity contribution in [1.82, 2.24) is 25.2 Å². The van der Waals surface area contributed by atoms with Gasteiger partial charge in [-0.3, -0.25) is 0 Å². The van der Waals surface area contributed by atoms with Crippen LogP contribution >= 0.6 is 0 Å². The highest BCUT2D eigenvalue weighted by atomic mass is 16.5. The molecule has 0 aliphatic carbocycles. The number of nitrogens with zero attached hydrogens (tertiary/aromatic N) is 4. The summed E-state index contributed by atoms with van der Waals surface area (Å²) in [6.45, 7) is 3.31. The number of aromatic nitrogens is 5. The number of aryl methyl sites for hydroxylation is 1. The highest BCUT2D eigenvalue weighted by molar-refractivity contribution is 5.94. The third kappa shape index (κ3) is 4.25. The molecule has 6 nitrogen and oxygen atoms in total. The van der Waals surface area contributed by atoms with Crippen LogP contribution in [0.5, 0.6) is 5.75 Å². The Balaban J connectivity index is 1.39. The minimum absolute atomic E-state index is 0.274. The van der Waals surface area contributed by atoms with Gasteiger partial charge < -0.3 is 9.30 Å². The lowest BCUT2D eigenvalue weighted by Gasteiger charge is -2.13. The topological polar surface area (TPSA) is 68.6 Å². The van der Waals surface area contributed by atoms with Gasteiger partial charge in [0.25, 0.3) is 0 Å². The highest BCUT2D eigenvalue weighted by Crippen LogP contribution is 2.36. The van der Waals surface area contributed by atoms with Gasteiger partial charge in [0.15, 0.2) is 6.61 Å². The Morgan fingerprint density at radius 1 is 0.778 bits per heavy atom. The Hall–Kier alpha value is -4.71. The second-order valence-corrected chi connectivity index (χ2v) is 8.78. The molecule has 0 fully saturated rings. The van der Waals surface area contributed by atoms with Crippen LogP contribution in [-0.2, 0) is 13.2 Å². The highest BCUT2D eigenvalue weighted by Gasteiger charge is 2.17. The van der Waals surface area contributed by atoms with Crippen molar-refractivity contribution < 1.29 is 4.74 Å². The van der Waals surface area contributed by atoms with E-state index < -0.39 is 0 Å². The zero-order valence-corrected chi connectivity index (χ0v) is 19.9. The van der Waals surface area contributed by atoms with Gasteiger partial charge in [-0.15, -0.1) is 10.2 Å². The molecule has 0 saturated heterocycles. The first kappa shape index (κ1) is 21.8. The maximum absolute atomic E-state index is 5.78. The Morgan fingerprint density at radius 3 is 2.22 bits per heavy atom. The Kier molecular flexibility index (Phi) is 5.75. The summed E-state index contributed by atoms with van der Waals surface area (Å²) in [6, 6.07) is 36.2. The molecule has 4 aromatic carbocycles. The number of nitrogens with one attached hydrogen (secondary N) is 1. The van der Waals surface area contributed by atoms with Crippen LogP contribution in [-0.4, -0.2) is 25.2 Å². The monoisotopic (exact) mass is 471 g/mol. The lowest BCUT2D eigenvalue weighted by atomic mass is 10.0. The van der Waals surface area contributed by atoms with Gasteiger partial charge in [0.1, 0.15) is 5.75 Å². The fraction of sp³-hybridized carbons (Fsp3) is 0.100. The van der Waals surface area contributed by atoms with Gasteiger partial charge in [0.05, 0.1) is 5.69 Å². The number of hydrogen-bond donors (Lipinski definition) is 1. The second kappa shape index (κ2) is 9.50. The van der Waals surface area contributed by atoms with Crippen LogP contribution in [0.3, 0.4) is 0 Å². The van der Waals surface area contributed by atoms with Crippen LogP contribution in [0.15, 0.2) is 103 Å². The molecule has 2 aromatic heterocycles. The van der Waals surface area contributed by atoms with Gasteiger partial charge in [-0.05, 0) is 52.9 Å². The van der Waals surface area contributed by atoms with E-state index in [1.54, 1.807) is 0 Å². The van der Waals surface area contributed by atoms with E-state index in [9.17, 15) is 0 Å². The van der Waals surface area contributed by atoms with Gasteiger partial charge in [-0.2, -0.15) is 5.21 Å². The van der Waals surface area contributed by atoms with E-state index in [2.05, 4.69) is 123 Å². The summed E-state index contributed by atoms with van der Waals surface area (Å²) in [5, 5.41) is 15.1. The third-order valence-electron chi connectivity index (χ3n) is 6.49. The molecule has 0 unspecified atom stereocenters. The largest absolute Gasteiger partial charge is 0.485 e. The number of benzene rings is 4. The van der Waals surface area contributed by atoms with E-state index in [-0.39, 0.29) is 6.61 Å². The number of aromatic amines is 1. The summed E-state index contributed by atoms with van der Waals surface area (Å²) in [4.78, 5) is 0. The predicted octanol–water partition coefficient (Wildman–Crippen LogP) is 6.42. The molecular formula is C30H25N5O. The van der Waals surface area contributed by atoms with E-state index in [0.29, 0.717) is 5.82 Å². The van der Waals surface area contributed by atoms with E-state index in [1.165, 1.54) is 38.9 Å². The fourth-order valence-electron chi connectivity index (χ4n) is 4.74. The zero-order valence-electron chi connectivity index (χ0n) is 19.9. The quantitative estimate of drug-likeness (QED) is 0.292. The molecule has 0 aliphatic rings. The number of ether oxygens (including phenoxy) is 1. The first-order valence-electron chi connectivity index (χ1n) is 11.9. The SMILES string of the molecule is Cc1c(-c2ccccc2)n(Cc2ccccc2)c2cc(-c3ccc(OCc4nn[nH]n4)cc3)ccc12. The minimum atomic E-state index is 0.274. The van der Waals surface area contributed by atoms with Crippen molar-refractivity contribution in [3.05, 3.63) is 120 Å². The second-order valence-electron chi connectivity index (χ2n) is 8.78. The molecule has 0 aliphatic heterocycles. The molecule has 0 saturated carbocycles. The van der Waals surface area contributed by atoms with Crippen LogP contribution in [0, 0.1) is 6.92 Å². The molecule has 2 heterocycles. The minimum Gasteiger partial charge on any atom is -0.485 e. The normalized spacial score (nSPS) is 11.1. The van der Waals surface area contributed by atoms with Gasteiger partial charge in [-0.1, -0.05) is 90.1 Å². The molecule has 6 rings (SSSR count). The van der Waals surface area contributed by atoms with Crippen LogP contribution < -0.4 is 4.74 Å². The van der Waals surface area contributed by atoms with Crippen molar-refractivity contribution in [2.45, 2.75) is 20.1 Å². The summed E-state index contributed by atoms with van der Waals surface area (Å²) < 4.78 is 8.22. The number of hydrogen-bond acceptors (Lipinski definition) is 4. The summed E-state index contributed by atoms with van der Waals surface area (Å²) in [5.41, 5.74) is 8.59. The summed E-state index contributed by atoms with van der Waals surface area (Å²) >= 11 is 0. The molecule has 36 heavy (non-hydrogen) atoms. The van der Waals surface area contributed by atoms with E-state index in [1.807, 2.05) is 12.1 Å². The van der Waals surface area contributed by atoms with Crippen molar-refractivity contribution in [2.24, 2.45) is 0 Å². The molecule has 0 bridgehead atoms. The summed E-state index contributed by atoms with van der Waals surface area (Å²) in [7, 11) is 0. The molecule has 6 heteroatoms. The number of fused-ring (bicyclic) bond motifs is 1. The number of H-pyrrole nitrogens is 1. The molecule has 1 N–H and O–H groups in total. The first-order chi connectivity index (χ1) is 17.8. The summed E-state index contributed by atoms with van der Waals surface area (Å²) in [6.07, 6.45) is 0. The average Bonchev–Trinajstić information content (AvgIpc) is 3.55. The van der Waals surface area contributed by atoms with Gasteiger partial charge in [0, 0.05) is 17.4 Å². The standard InChI is InChI=1S/C30H25N5O/c1-21-27-17-14-25(23-12-15-26(16-13-23)36-20-29-31-33-34-32-29)18-28(27)35(19-22-8-4-2-5-9-22)30(21)24-10-6-3-7-11-24/h2-18H,19-20H2,1H3,(H,31,32,33,34). The van der Waals surface area contributed by atoms with E-state index >= 15 is 0 Å². The van der Waals surface area contributed by atoms with Crippen molar-refractivity contribution in [3.63, 3.8) is 0 Å². The molecule has 0 amide bonds. The molecule has 0 spiro atoms. The lowest BCUT2D eigenvalue weighted by Crippen LogP contribution is -2.02. The van der Waals surface area contributed by atoms with Crippen molar-refractivity contribution in [3.8, 4) is 28.1 Å². The third-order valence-corrected chi connectivity index (χ3v) is 6.49. The van der Waals surface area contributed by atoms with Gasteiger partial charge in [-0.25, -0.2) is 0 Å². The maximum Gasteiger partial charge on any atom is 0.211 e.